The van der Waals surface area contributed by atoms with E-state index in [0.29, 0.717) is 6.42 Å². The van der Waals surface area contributed by atoms with E-state index in [0.717, 1.165) is 18.6 Å². The summed E-state index contributed by atoms with van der Waals surface area (Å²) in [7, 11) is 0. The van der Waals surface area contributed by atoms with Crippen LogP contribution in [0.3, 0.4) is 0 Å². The molecular weight excluding hydrogens is 240 g/mol. The Morgan fingerprint density at radius 1 is 1.53 bits per heavy atom. The van der Waals surface area contributed by atoms with Crippen molar-refractivity contribution in [1.29, 1.82) is 0 Å². The highest BCUT2D eigenvalue weighted by atomic mass is 32.2. The van der Waals surface area contributed by atoms with Gasteiger partial charge in [-0.1, -0.05) is 6.42 Å². The number of urea groups is 1. The lowest BCUT2D eigenvalue weighted by atomic mass is 9.91. The fraction of sp³-hybridized carbons (Fsp3) is 0.818. The molecule has 6 heteroatoms. The highest BCUT2D eigenvalue weighted by molar-refractivity contribution is 8.01. The van der Waals surface area contributed by atoms with E-state index >= 15 is 0 Å². The maximum atomic E-state index is 11.3. The maximum absolute atomic E-state index is 11.3. The van der Waals surface area contributed by atoms with Crippen molar-refractivity contribution < 1.29 is 14.7 Å². The van der Waals surface area contributed by atoms with Gasteiger partial charge in [-0.05, 0) is 19.8 Å². The van der Waals surface area contributed by atoms with Crippen LogP contribution in [0.5, 0.6) is 0 Å². The largest absolute Gasteiger partial charge is 0.481 e. The smallest absolute Gasteiger partial charge is 0.315 e. The van der Waals surface area contributed by atoms with Gasteiger partial charge in [0.2, 0.25) is 0 Å². The van der Waals surface area contributed by atoms with Gasteiger partial charge in [0.25, 0.3) is 0 Å². The van der Waals surface area contributed by atoms with E-state index in [-0.39, 0.29) is 29.3 Å². The number of aliphatic carboxylic acids is 1. The summed E-state index contributed by atoms with van der Waals surface area (Å²) in [6.45, 7) is 2.16. The monoisotopic (exact) mass is 258 g/mol. The number of hydrogen-bond donors (Lipinski definition) is 3. The molecule has 2 heterocycles. The summed E-state index contributed by atoms with van der Waals surface area (Å²) in [6.07, 6.45) is 2.80. The van der Waals surface area contributed by atoms with Gasteiger partial charge in [-0.25, -0.2) is 4.79 Å². The second kappa shape index (κ2) is 4.76. The Bertz CT molecular complexity index is 337. The molecule has 0 radical (unpaired) electrons. The van der Waals surface area contributed by atoms with E-state index in [9.17, 15) is 9.59 Å². The average molecular weight is 258 g/mol. The van der Waals surface area contributed by atoms with Crippen molar-refractivity contribution >= 4 is 23.8 Å². The van der Waals surface area contributed by atoms with Gasteiger partial charge >= 0.3 is 12.0 Å². The van der Waals surface area contributed by atoms with Crippen molar-refractivity contribution in [3.63, 3.8) is 0 Å². The molecule has 0 spiro atoms. The Labute approximate surface area is 105 Å². The molecule has 0 unspecified atom stereocenters. The third kappa shape index (κ3) is 2.68. The van der Waals surface area contributed by atoms with Gasteiger partial charge in [0.15, 0.2) is 0 Å². The summed E-state index contributed by atoms with van der Waals surface area (Å²) in [4.78, 5) is 21.7. The third-order valence-corrected chi connectivity index (χ3v) is 5.21. The minimum Gasteiger partial charge on any atom is -0.481 e. The number of rotatable bonds is 5. The molecule has 17 heavy (non-hydrogen) atoms. The number of carboxylic acid groups (broad SMARTS) is 1. The van der Waals surface area contributed by atoms with Gasteiger partial charge < -0.3 is 15.7 Å². The topological polar surface area (TPSA) is 78.4 Å². The average Bonchev–Trinajstić information content (AvgIpc) is 2.75. The highest BCUT2D eigenvalue weighted by Gasteiger charge is 2.50. The van der Waals surface area contributed by atoms with Crippen molar-refractivity contribution in [2.24, 2.45) is 0 Å². The molecule has 2 fully saturated rings. The van der Waals surface area contributed by atoms with Crippen molar-refractivity contribution in [3.8, 4) is 0 Å². The molecule has 96 valence electrons. The van der Waals surface area contributed by atoms with Crippen LogP contribution in [0.4, 0.5) is 4.79 Å². The van der Waals surface area contributed by atoms with E-state index in [4.69, 9.17) is 5.11 Å². The summed E-state index contributed by atoms with van der Waals surface area (Å²) >= 11 is 1.87. The van der Waals surface area contributed by atoms with Crippen molar-refractivity contribution in [2.75, 3.05) is 5.75 Å². The van der Waals surface area contributed by atoms with Gasteiger partial charge in [-0.2, -0.15) is 11.8 Å². The lowest BCUT2D eigenvalue weighted by molar-refractivity contribution is -0.137. The number of fused-ring (bicyclic) bond motifs is 1. The fourth-order valence-corrected chi connectivity index (χ4v) is 4.13. The molecule has 0 bridgehead atoms. The zero-order valence-electron chi connectivity index (χ0n) is 9.86. The predicted molar refractivity (Wildman–Crippen MR) is 66.2 cm³/mol. The Balaban J connectivity index is 1.83. The second-order valence-corrected chi connectivity index (χ2v) is 6.48. The Kier molecular flexibility index (Phi) is 3.51. The molecule has 5 nitrogen and oxygen atoms in total. The summed E-state index contributed by atoms with van der Waals surface area (Å²) in [5.41, 5.74) is 0. The zero-order valence-corrected chi connectivity index (χ0v) is 10.7. The molecule has 3 atom stereocenters. The number of carbonyl (C=O) groups excluding carboxylic acids is 1. The van der Waals surface area contributed by atoms with Crippen LogP contribution in [0.25, 0.3) is 0 Å². The van der Waals surface area contributed by atoms with Crippen molar-refractivity contribution in [3.05, 3.63) is 0 Å². The summed E-state index contributed by atoms with van der Waals surface area (Å²) in [6, 6.07) is 0.346. The minimum absolute atomic E-state index is 0.0440. The summed E-state index contributed by atoms with van der Waals surface area (Å²) in [5, 5.41) is 14.5. The first-order valence-electron chi connectivity index (χ1n) is 5.94. The molecule has 0 aromatic carbocycles. The first kappa shape index (κ1) is 12.5. The normalized spacial score (nSPS) is 35.2. The number of nitrogens with one attached hydrogen (secondary N) is 2. The Morgan fingerprint density at radius 2 is 2.29 bits per heavy atom. The lowest BCUT2D eigenvalue weighted by Gasteiger charge is -2.29. The molecule has 0 saturated carbocycles. The van der Waals surface area contributed by atoms with Crippen LogP contribution in [0, 0.1) is 0 Å². The lowest BCUT2D eigenvalue weighted by Crippen LogP contribution is -2.44. The number of amides is 2. The Morgan fingerprint density at radius 3 is 3.00 bits per heavy atom. The maximum Gasteiger partial charge on any atom is 0.315 e. The number of carbonyl (C=O) groups is 2. The van der Waals surface area contributed by atoms with Gasteiger partial charge in [0.1, 0.15) is 0 Å². The molecule has 0 aromatic rings. The zero-order chi connectivity index (χ0) is 12.5. The van der Waals surface area contributed by atoms with Crippen molar-refractivity contribution in [1.82, 2.24) is 10.6 Å². The van der Waals surface area contributed by atoms with Crippen LogP contribution in [0.1, 0.15) is 32.6 Å². The molecule has 3 N–H and O–H groups in total. The molecule has 2 aliphatic rings. The van der Waals surface area contributed by atoms with E-state index in [1.165, 1.54) is 0 Å². The molecule has 2 rings (SSSR count). The van der Waals surface area contributed by atoms with Crippen LogP contribution < -0.4 is 10.6 Å². The van der Waals surface area contributed by atoms with Crippen molar-refractivity contribution in [2.45, 2.75) is 49.4 Å². The summed E-state index contributed by atoms with van der Waals surface area (Å²) in [5.74, 6) is 0.210. The first-order valence-corrected chi connectivity index (χ1v) is 6.92. The molecular formula is C11H18N2O3S. The third-order valence-electron chi connectivity index (χ3n) is 3.57. The van der Waals surface area contributed by atoms with E-state index in [1.54, 1.807) is 0 Å². The SMILES string of the molecule is C[C@@]1(CCCCC(=O)O)SC[C@H]2NC(=O)N[C@H]21. The molecule has 2 amide bonds. The molecule has 2 aliphatic heterocycles. The van der Waals surface area contributed by atoms with Crippen LogP contribution in [-0.4, -0.2) is 39.7 Å². The van der Waals surface area contributed by atoms with E-state index in [1.807, 2.05) is 11.8 Å². The van der Waals surface area contributed by atoms with Crippen LogP contribution >= 0.6 is 11.8 Å². The predicted octanol–water partition coefficient (Wildman–Crippen LogP) is 1.19. The molecule has 0 aromatic heterocycles. The van der Waals surface area contributed by atoms with Crippen LogP contribution in [0.2, 0.25) is 0 Å². The fourth-order valence-electron chi connectivity index (χ4n) is 2.60. The van der Waals surface area contributed by atoms with E-state index in [2.05, 4.69) is 17.6 Å². The van der Waals surface area contributed by atoms with Gasteiger partial charge in [0.05, 0.1) is 12.1 Å². The number of carboxylic acids is 1. The van der Waals surface area contributed by atoms with Gasteiger partial charge in [0, 0.05) is 16.9 Å². The standard InChI is InChI=1S/C11H18N2O3S/c1-11(5-3-2-4-8(14)15)9-7(6-17-11)12-10(16)13-9/h7,9H,2-6H2,1H3,(H,14,15)(H2,12,13,16)/t7-,9-,11+/m1/s1. The highest BCUT2D eigenvalue weighted by Crippen LogP contribution is 2.43. The Hall–Kier alpha value is -0.910. The quantitative estimate of drug-likeness (QED) is 0.511. The molecule has 0 aliphatic carbocycles. The minimum atomic E-state index is -0.733. The van der Waals surface area contributed by atoms with Crippen LogP contribution in [0.15, 0.2) is 0 Å². The first-order chi connectivity index (χ1) is 8.01. The number of hydrogen-bond acceptors (Lipinski definition) is 3. The molecule has 2 saturated heterocycles. The number of unbranched alkanes of at least 4 members (excludes halogenated alkanes) is 1. The van der Waals surface area contributed by atoms with Gasteiger partial charge in [-0.15, -0.1) is 0 Å². The van der Waals surface area contributed by atoms with Gasteiger partial charge in [-0.3, -0.25) is 4.79 Å². The number of thioether (sulfide) groups is 1. The van der Waals surface area contributed by atoms with Crippen LogP contribution in [-0.2, 0) is 4.79 Å². The van der Waals surface area contributed by atoms with E-state index < -0.39 is 5.97 Å². The summed E-state index contributed by atoms with van der Waals surface area (Å²) < 4.78 is 0.0440. The second-order valence-electron chi connectivity index (χ2n) is 4.93.